The number of Topliss-reactive ketones (excluding diaryl/α,β-unsaturated/α-hetero) is 1. The van der Waals surface area contributed by atoms with Crippen LogP contribution in [0.15, 0.2) is 36.4 Å². The summed E-state index contributed by atoms with van der Waals surface area (Å²) < 4.78 is 0.574. The van der Waals surface area contributed by atoms with E-state index in [1.807, 2.05) is 24.3 Å². The molecule has 0 bridgehead atoms. The highest BCUT2D eigenvalue weighted by Gasteiger charge is 2.20. The van der Waals surface area contributed by atoms with Crippen LogP contribution in [0.1, 0.15) is 54.6 Å². The Balaban J connectivity index is 1.65. The molecule has 0 saturated heterocycles. The van der Waals surface area contributed by atoms with Crippen LogP contribution in [0.4, 0.5) is 0 Å². The first-order chi connectivity index (χ1) is 12.9. The molecule has 3 aromatic rings. The lowest BCUT2D eigenvalue weighted by Gasteiger charge is -2.18. The molecule has 0 radical (unpaired) electrons. The number of para-hydroxylation sites is 2. The largest absolute Gasteiger partial charge is 0.346 e. The number of amides is 1. The van der Waals surface area contributed by atoms with Gasteiger partial charge in [0.15, 0.2) is 5.78 Å². The Morgan fingerprint density at radius 2 is 1.96 bits per heavy atom. The molecule has 5 nitrogen and oxygen atoms in total. The second-order valence-corrected chi connectivity index (χ2v) is 8.63. The van der Waals surface area contributed by atoms with Crippen LogP contribution in [0.3, 0.4) is 0 Å². The van der Waals surface area contributed by atoms with E-state index in [-0.39, 0.29) is 30.6 Å². The van der Waals surface area contributed by atoms with E-state index in [0.29, 0.717) is 15.1 Å². The molecule has 27 heavy (non-hydrogen) atoms. The third-order valence-electron chi connectivity index (χ3n) is 4.21. The number of hydrogen-bond acceptors (Lipinski definition) is 4. The molecule has 1 atom stereocenters. The first kappa shape index (κ1) is 19.6. The number of aromatic amines is 1. The van der Waals surface area contributed by atoms with Gasteiger partial charge in [-0.15, -0.1) is 11.3 Å². The molecule has 0 saturated carbocycles. The van der Waals surface area contributed by atoms with Crippen LogP contribution >= 0.6 is 22.9 Å². The van der Waals surface area contributed by atoms with Crippen molar-refractivity contribution in [3.63, 3.8) is 0 Å². The number of fused-ring (bicyclic) bond motifs is 1. The van der Waals surface area contributed by atoms with Crippen LogP contribution in [0.25, 0.3) is 11.0 Å². The highest BCUT2D eigenvalue weighted by Crippen LogP contribution is 2.24. The molecule has 7 heteroatoms. The number of aromatic nitrogens is 2. The van der Waals surface area contributed by atoms with Crippen molar-refractivity contribution in [2.24, 2.45) is 5.92 Å². The molecular formula is C20H22ClN3O2S. The molecule has 0 aliphatic rings. The number of H-pyrrole nitrogens is 1. The molecule has 0 fully saturated rings. The van der Waals surface area contributed by atoms with Gasteiger partial charge in [0.2, 0.25) is 5.91 Å². The minimum absolute atomic E-state index is 0.0637. The van der Waals surface area contributed by atoms with Gasteiger partial charge in [0.25, 0.3) is 0 Å². The normalized spacial score (nSPS) is 12.4. The summed E-state index contributed by atoms with van der Waals surface area (Å²) in [5.41, 5.74) is 1.82. The zero-order chi connectivity index (χ0) is 19.4. The fraction of sp³-hybridized carbons (Fsp3) is 0.350. The fourth-order valence-corrected chi connectivity index (χ4v) is 3.94. The predicted molar refractivity (Wildman–Crippen MR) is 109 cm³/mol. The maximum atomic E-state index is 12.4. The molecule has 0 spiro atoms. The number of rotatable bonds is 8. The Bertz CT molecular complexity index is 915. The quantitative estimate of drug-likeness (QED) is 0.511. The van der Waals surface area contributed by atoms with E-state index in [0.717, 1.165) is 23.3 Å². The lowest BCUT2D eigenvalue weighted by Crippen LogP contribution is -2.30. The number of nitrogens with one attached hydrogen (secondary N) is 2. The molecular weight excluding hydrogens is 382 g/mol. The van der Waals surface area contributed by atoms with Gasteiger partial charge in [-0.2, -0.15) is 0 Å². The van der Waals surface area contributed by atoms with Crippen LogP contribution in [0.5, 0.6) is 0 Å². The molecule has 2 heterocycles. The van der Waals surface area contributed by atoms with Gasteiger partial charge in [0.05, 0.1) is 26.3 Å². The molecule has 142 valence electrons. The highest BCUT2D eigenvalue weighted by atomic mass is 35.5. The number of nitrogens with zero attached hydrogens (tertiary/aromatic N) is 1. The Kier molecular flexibility index (Phi) is 6.29. The maximum absolute atomic E-state index is 12.4. The van der Waals surface area contributed by atoms with E-state index in [9.17, 15) is 9.59 Å². The summed E-state index contributed by atoms with van der Waals surface area (Å²) in [5.74, 6) is 0.913. The molecule has 1 amide bonds. The summed E-state index contributed by atoms with van der Waals surface area (Å²) in [4.78, 5) is 33.1. The zero-order valence-electron chi connectivity index (χ0n) is 15.3. The van der Waals surface area contributed by atoms with Crippen molar-refractivity contribution < 1.29 is 9.59 Å². The van der Waals surface area contributed by atoms with Crippen LogP contribution in [-0.2, 0) is 4.79 Å². The topological polar surface area (TPSA) is 74.8 Å². The van der Waals surface area contributed by atoms with Crippen molar-refractivity contribution in [1.82, 2.24) is 15.3 Å². The van der Waals surface area contributed by atoms with Crippen LogP contribution in [-0.4, -0.2) is 21.7 Å². The number of imidazole rings is 1. The lowest BCUT2D eigenvalue weighted by atomic mass is 10.0. The molecule has 1 aromatic carbocycles. The summed E-state index contributed by atoms with van der Waals surface area (Å²) in [5, 5.41) is 3.03. The van der Waals surface area contributed by atoms with Gasteiger partial charge < -0.3 is 10.3 Å². The molecule has 0 aliphatic carbocycles. The zero-order valence-corrected chi connectivity index (χ0v) is 16.9. The van der Waals surface area contributed by atoms with Gasteiger partial charge >= 0.3 is 0 Å². The molecule has 1 unspecified atom stereocenters. The molecule has 3 rings (SSSR count). The number of carbonyl (C=O) groups excluding carboxylic acids is 2. The third kappa shape index (κ3) is 5.17. The maximum Gasteiger partial charge on any atom is 0.221 e. The first-order valence-electron chi connectivity index (χ1n) is 8.95. The van der Waals surface area contributed by atoms with Crippen molar-refractivity contribution in [3.8, 4) is 0 Å². The minimum atomic E-state index is -0.212. The van der Waals surface area contributed by atoms with Crippen molar-refractivity contribution in [2.45, 2.75) is 39.2 Å². The third-order valence-corrected chi connectivity index (χ3v) is 5.48. The van der Waals surface area contributed by atoms with Crippen LogP contribution < -0.4 is 5.32 Å². The van der Waals surface area contributed by atoms with Crippen molar-refractivity contribution in [3.05, 3.63) is 51.4 Å². The average molecular weight is 404 g/mol. The molecule has 0 aliphatic heterocycles. The number of halogens is 1. The van der Waals surface area contributed by atoms with Crippen LogP contribution in [0, 0.1) is 5.92 Å². The van der Waals surface area contributed by atoms with Gasteiger partial charge in [-0.25, -0.2) is 4.98 Å². The second kappa shape index (κ2) is 8.67. The van der Waals surface area contributed by atoms with Crippen molar-refractivity contribution in [1.29, 1.82) is 0 Å². The highest BCUT2D eigenvalue weighted by molar-refractivity contribution is 7.18. The monoisotopic (exact) mass is 403 g/mol. The second-order valence-electron chi connectivity index (χ2n) is 6.92. The average Bonchev–Trinajstić information content (AvgIpc) is 3.24. The van der Waals surface area contributed by atoms with E-state index < -0.39 is 0 Å². The number of thiophene rings is 1. The van der Waals surface area contributed by atoms with E-state index in [2.05, 4.69) is 29.1 Å². The van der Waals surface area contributed by atoms with Gasteiger partial charge in [-0.05, 0) is 36.6 Å². The lowest BCUT2D eigenvalue weighted by molar-refractivity contribution is -0.122. The summed E-state index contributed by atoms with van der Waals surface area (Å²) >= 11 is 7.10. The Morgan fingerprint density at radius 1 is 1.19 bits per heavy atom. The van der Waals surface area contributed by atoms with E-state index in [4.69, 9.17) is 11.6 Å². The number of benzene rings is 1. The summed E-state index contributed by atoms with van der Waals surface area (Å²) in [6.07, 6.45) is 1.07. The molecule has 2 aromatic heterocycles. The predicted octanol–water partition coefficient (Wildman–Crippen LogP) is 5.14. The van der Waals surface area contributed by atoms with E-state index in [1.54, 1.807) is 12.1 Å². The Morgan fingerprint density at radius 3 is 2.63 bits per heavy atom. The first-order valence-corrected chi connectivity index (χ1v) is 10.1. The number of hydrogen-bond donors (Lipinski definition) is 2. The minimum Gasteiger partial charge on any atom is -0.346 e. The summed E-state index contributed by atoms with van der Waals surface area (Å²) in [7, 11) is 0. The summed E-state index contributed by atoms with van der Waals surface area (Å²) in [6, 6.07) is 11.0. The summed E-state index contributed by atoms with van der Waals surface area (Å²) in [6.45, 7) is 4.21. The van der Waals surface area contributed by atoms with Gasteiger partial charge in [-0.3, -0.25) is 9.59 Å². The fourth-order valence-electron chi connectivity index (χ4n) is 2.93. The van der Waals surface area contributed by atoms with E-state index in [1.165, 1.54) is 11.3 Å². The standard InChI is InChI=1S/C20H22ClN3O2S/c1-12(2)11-15(20-23-13-5-3-4-6-14(13)24-20)22-19(26)10-7-16(25)17-8-9-18(21)27-17/h3-6,8-9,12,15H,7,10-11H2,1-2H3,(H,22,26)(H,23,24). The van der Waals surface area contributed by atoms with Gasteiger partial charge in [0, 0.05) is 12.8 Å². The molecule has 2 N–H and O–H groups in total. The number of carbonyl (C=O) groups is 2. The number of ketones is 1. The van der Waals surface area contributed by atoms with Gasteiger partial charge in [-0.1, -0.05) is 37.6 Å². The van der Waals surface area contributed by atoms with Crippen LogP contribution in [0.2, 0.25) is 4.34 Å². The Hall–Kier alpha value is -2.18. The Labute approximate surface area is 167 Å². The van der Waals surface area contributed by atoms with Gasteiger partial charge in [0.1, 0.15) is 5.82 Å². The smallest absolute Gasteiger partial charge is 0.221 e. The van der Waals surface area contributed by atoms with Crippen molar-refractivity contribution >= 4 is 45.7 Å². The van der Waals surface area contributed by atoms with Crippen molar-refractivity contribution in [2.75, 3.05) is 0 Å². The SMILES string of the molecule is CC(C)CC(NC(=O)CCC(=O)c1ccc(Cl)s1)c1nc2ccccc2[nH]1. The van der Waals surface area contributed by atoms with E-state index >= 15 is 0 Å².